The Morgan fingerprint density at radius 3 is 2.26 bits per heavy atom. The predicted molar refractivity (Wildman–Crippen MR) is 121 cm³/mol. The number of amides is 1. The fraction of sp³-hybridized carbons (Fsp3) is 0.346. The Kier molecular flexibility index (Phi) is 6.20. The summed E-state index contributed by atoms with van der Waals surface area (Å²) in [5.74, 6) is 5.60. The van der Waals surface area contributed by atoms with Gasteiger partial charge in [0.25, 0.3) is 5.91 Å². The van der Waals surface area contributed by atoms with Crippen LogP contribution in [0.4, 0.5) is 0 Å². The molecule has 2 aromatic rings. The third-order valence-corrected chi connectivity index (χ3v) is 6.00. The summed E-state index contributed by atoms with van der Waals surface area (Å²) < 4.78 is 22.1. The lowest BCUT2D eigenvalue weighted by molar-refractivity contribution is -0.167. The topological polar surface area (TPSA) is 91.4 Å². The molecule has 0 saturated carbocycles. The largest absolute Gasteiger partial charge is 0.493 e. The second-order valence-corrected chi connectivity index (χ2v) is 8.05. The van der Waals surface area contributed by atoms with Crippen LogP contribution in [-0.2, 0) is 35.8 Å². The first kappa shape index (κ1) is 23.2. The van der Waals surface area contributed by atoms with E-state index < -0.39 is 35.6 Å². The van der Waals surface area contributed by atoms with Crippen molar-refractivity contribution in [2.75, 3.05) is 20.8 Å². The summed E-state index contributed by atoms with van der Waals surface area (Å²) in [4.78, 5) is 39.1. The van der Waals surface area contributed by atoms with E-state index in [1.165, 1.54) is 21.0 Å². The molecule has 34 heavy (non-hydrogen) atoms. The second-order valence-electron chi connectivity index (χ2n) is 8.05. The molecule has 0 N–H and O–H groups in total. The van der Waals surface area contributed by atoms with Gasteiger partial charge < -0.3 is 23.8 Å². The zero-order valence-corrected chi connectivity index (χ0v) is 19.4. The van der Waals surface area contributed by atoms with Gasteiger partial charge in [0.1, 0.15) is 0 Å². The predicted octanol–water partition coefficient (Wildman–Crippen LogP) is 2.21. The van der Waals surface area contributed by atoms with Crippen LogP contribution in [-0.4, -0.2) is 55.7 Å². The second kappa shape index (κ2) is 9.10. The molecule has 4 rings (SSSR count). The van der Waals surface area contributed by atoms with Crippen LogP contribution in [0.15, 0.2) is 42.5 Å². The van der Waals surface area contributed by atoms with E-state index in [-0.39, 0.29) is 0 Å². The summed E-state index contributed by atoms with van der Waals surface area (Å²) >= 11 is 0. The van der Waals surface area contributed by atoms with E-state index in [9.17, 15) is 14.4 Å². The lowest BCUT2D eigenvalue weighted by Crippen LogP contribution is -2.53. The third-order valence-electron chi connectivity index (χ3n) is 6.00. The van der Waals surface area contributed by atoms with Gasteiger partial charge in [0, 0.05) is 31.5 Å². The number of esters is 2. The molecule has 8 heteroatoms. The Labute approximate surface area is 197 Å². The van der Waals surface area contributed by atoms with Crippen molar-refractivity contribution in [2.24, 2.45) is 0 Å². The van der Waals surface area contributed by atoms with E-state index in [1.807, 2.05) is 36.4 Å². The van der Waals surface area contributed by atoms with Gasteiger partial charge >= 0.3 is 11.9 Å². The molecule has 1 saturated heterocycles. The molecule has 2 aliphatic heterocycles. The molecule has 1 fully saturated rings. The summed E-state index contributed by atoms with van der Waals surface area (Å²) in [6.07, 6.45) is -2.00. The maximum atomic E-state index is 13.5. The zero-order valence-electron chi connectivity index (χ0n) is 19.4. The fourth-order valence-corrected chi connectivity index (χ4v) is 4.64. The Balaban J connectivity index is 2.01. The van der Waals surface area contributed by atoms with E-state index in [2.05, 4.69) is 11.8 Å². The van der Waals surface area contributed by atoms with E-state index in [0.29, 0.717) is 30.0 Å². The number of carbonyl (C=O) groups is 3. The number of nitrogens with zero attached hydrogens (tertiary/aromatic N) is 1. The van der Waals surface area contributed by atoms with Crippen molar-refractivity contribution >= 4 is 17.8 Å². The van der Waals surface area contributed by atoms with Crippen LogP contribution in [0, 0.1) is 11.8 Å². The molecule has 0 spiro atoms. The van der Waals surface area contributed by atoms with Gasteiger partial charge in [0.2, 0.25) is 6.10 Å². The average molecular weight is 463 g/mol. The molecule has 2 heterocycles. The molecule has 3 atom stereocenters. The molecule has 2 aromatic carbocycles. The normalized spacial score (nSPS) is 22.6. The van der Waals surface area contributed by atoms with Crippen molar-refractivity contribution in [3.63, 3.8) is 0 Å². The summed E-state index contributed by atoms with van der Waals surface area (Å²) in [5.41, 5.74) is 0.819. The highest BCUT2D eigenvalue weighted by Gasteiger charge is 2.64. The summed E-state index contributed by atoms with van der Waals surface area (Å²) in [7, 11) is 3.06. The molecule has 0 aliphatic carbocycles. The Hall–Kier alpha value is -3.99. The number of hydrogen-bond acceptors (Lipinski definition) is 7. The van der Waals surface area contributed by atoms with Crippen molar-refractivity contribution in [3.8, 4) is 23.3 Å². The third kappa shape index (κ3) is 3.83. The first-order valence-electron chi connectivity index (χ1n) is 10.8. The minimum absolute atomic E-state index is 0.292. The monoisotopic (exact) mass is 463 g/mol. The average Bonchev–Trinajstić information content (AvgIpc) is 3.04. The molecule has 1 amide bonds. The molecule has 0 bridgehead atoms. The number of carbonyl (C=O) groups excluding carboxylic acids is 3. The van der Waals surface area contributed by atoms with Gasteiger partial charge in [-0.2, -0.15) is 0 Å². The van der Waals surface area contributed by atoms with Crippen LogP contribution >= 0.6 is 0 Å². The number of ether oxygens (including phenoxy) is 4. The van der Waals surface area contributed by atoms with Gasteiger partial charge in [0.15, 0.2) is 23.1 Å². The smallest absolute Gasteiger partial charge is 0.303 e. The highest BCUT2D eigenvalue weighted by molar-refractivity contribution is 5.90. The van der Waals surface area contributed by atoms with Crippen LogP contribution in [0.3, 0.4) is 0 Å². The maximum Gasteiger partial charge on any atom is 0.303 e. The molecular formula is C26H25NO7. The zero-order chi connectivity index (χ0) is 24.5. The molecule has 0 aromatic heterocycles. The van der Waals surface area contributed by atoms with Gasteiger partial charge in [-0.3, -0.25) is 14.4 Å². The molecule has 176 valence electrons. The quantitative estimate of drug-likeness (QED) is 0.507. The maximum absolute atomic E-state index is 13.5. The number of benzene rings is 2. The van der Waals surface area contributed by atoms with Crippen molar-refractivity contribution in [1.82, 2.24) is 4.90 Å². The molecule has 2 aliphatic rings. The molecule has 0 radical (unpaired) electrons. The fourth-order valence-electron chi connectivity index (χ4n) is 4.64. The molecule has 8 nitrogen and oxygen atoms in total. The lowest BCUT2D eigenvalue weighted by atomic mass is 9.78. The SMILES string of the molecule is COc1cc2c(cc1OC)C1(C#Cc3ccccc3)[C@H](OC(C)=O)[C@@H](OC(C)=O)C(=O)N1CC2. The van der Waals surface area contributed by atoms with Gasteiger partial charge in [-0.05, 0) is 36.2 Å². The van der Waals surface area contributed by atoms with Crippen LogP contribution in [0.2, 0.25) is 0 Å². The van der Waals surface area contributed by atoms with Crippen LogP contribution in [0.5, 0.6) is 11.5 Å². The Morgan fingerprint density at radius 2 is 1.65 bits per heavy atom. The van der Waals surface area contributed by atoms with Crippen molar-refractivity contribution < 1.29 is 33.3 Å². The van der Waals surface area contributed by atoms with E-state index >= 15 is 0 Å². The van der Waals surface area contributed by atoms with Gasteiger partial charge in [-0.15, -0.1) is 0 Å². The van der Waals surface area contributed by atoms with Gasteiger partial charge in [-0.25, -0.2) is 0 Å². The number of hydrogen-bond donors (Lipinski definition) is 0. The standard InChI is InChI=1S/C26H25NO7/c1-16(28)33-23-24(34-17(2)29)26(12-10-18-8-6-5-7-9-18)20-15-22(32-4)21(31-3)14-19(20)11-13-27(26)25(23)30/h5-9,14-15,23-24H,11,13H2,1-4H3/t23-,24-,26?/m1/s1. The highest BCUT2D eigenvalue weighted by atomic mass is 16.6. The minimum atomic E-state index is -1.40. The molecule has 1 unspecified atom stereocenters. The van der Waals surface area contributed by atoms with Crippen LogP contribution in [0.25, 0.3) is 0 Å². The Morgan fingerprint density at radius 1 is 1.00 bits per heavy atom. The lowest BCUT2D eigenvalue weighted by Gasteiger charge is -2.42. The highest BCUT2D eigenvalue weighted by Crippen LogP contribution is 2.49. The number of fused-ring (bicyclic) bond motifs is 3. The van der Waals surface area contributed by atoms with E-state index in [0.717, 1.165) is 11.1 Å². The number of methoxy groups -OCH3 is 2. The van der Waals surface area contributed by atoms with E-state index in [4.69, 9.17) is 18.9 Å². The van der Waals surface area contributed by atoms with Gasteiger partial charge in [-0.1, -0.05) is 30.0 Å². The summed E-state index contributed by atoms with van der Waals surface area (Å²) in [5, 5.41) is 0. The minimum Gasteiger partial charge on any atom is -0.493 e. The van der Waals surface area contributed by atoms with Crippen molar-refractivity contribution in [2.45, 2.75) is 38.0 Å². The summed E-state index contributed by atoms with van der Waals surface area (Å²) in [6.45, 7) is 2.74. The first-order chi connectivity index (χ1) is 16.3. The van der Waals surface area contributed by atoms with Crippen molar-refractivity contribution in [3.05, 3.63) is 59.2 Å². The van der Waals surface area contributed by atoms with Crippen molar-refractivity contribution in [1.29, 1.82) is 0 Å². The van der Waals surface area contributed by atoms with Crippen LogP contribution < -0.4 is 9.47 Å². The first-order valence-corrected chi connectivity index (χ1v) is 10.8. The van der Waals surface area contributed by atoms with Crippen LogP contribution in [0.1, 0.15) is 30.5 Å². The Bertz CT molecular complexity index is 1200. The van der Waals surface area contributed by atoms with E-state index in [1.54, 1.807) is 18.1 Å². The molecular weight excluding hydrogens is 438 g/mol. The van der Waals surface area contributed by atoms with Gasteiger partial charge in [0.05, 0.1) is 14.2 Å². The number of rotatable bonds is 4. The summed E-state index contributed by atoms with van der Waals surface area (Å²) in [6, 6.07) is 12.9.